The number of carbonyl (C=O) groups is 1. The second kappa shape index (κ2) is 7.62. The molecule has 1 N–H and O–H groups in total. The lowest BCUT2D eigenvalue weighted by molar-refractivity contribution is -0.126. The molecule has 1 aromatic carbocycles. The summed E-state index contributed by atoms with van der Waals surface area (Å²) >= 11 is 6.08. The predicted octanol–water partition coefficient (Wildman–Crippen LogP) is 3.43. The second-order valence-electron chi connectivity index (χ2n) is 5.54. The first-order chi connectivity index (χ1) is 10.1. The monoisotopic (exact) mass is 307 g/mol. The van der Waals surface area contributed by atoms with Crippen LogP contribution in [0.3, 0.4) is 0 Å². The van der Waals surface area contributed by atoms with Crippen molar-refractivity contribution in [2.75, 3.05) is 13.2 Å². The van der Waals surface area contributed by atoms with E-state index in [0.29, 0.717) is 5.02 Å². The number of nitrogens with zero attached hydrogens (tertiary/aromatic N) is 1. The molecule has 0 aromatic heterocycles. The third-order valence-electron chi connectivity index (χ3n) is 3.97. The van der Waals surface area contributed by atoms with Crippen molar-refractivity contribution in [2.45, 2.75) is 38.6 Å². The minimum atomic E-state index is 0.0483. The van der Waals surface area contributed by atoms with E-state index in [0.717, 1.165) is 43.4 Å². The summed E-state index contributed by atoms with van der Waals surface area (Å²) in [5.74, 6) is 0.0483. The van der Waals surface area contributed by atoms with Crippen molar-refractivity contribution in [2.24, 2.45) is 0 Å². The van der Waals surface area contributed by atoms with Crippen LogP contribution in [-0.4, -0.2) is 35.1 Å². The number of hydrogen-bond acceptors (Lipinski definition) is 2. The highest BCUT2D eigenvalue weighted by Crippen LogP contribution is 2.22. The molecule has 1 unspecified atom stereocenters. The highest BCUT2D eigenvalue weighted by Gasteiger charge is 2.26. The Kier molecular flexibility index (Phi) is 5.83. The Labute approximate surface area is 131 Å². The summed E-state index contributed by atoms with van der Waals surface area (Å²) in [7, 11) is 0. The van der Waals surface area contributed by atoms with Gasteiger partial charge in [-0.05, 0) is 55.9 Å². The number of aliphatic hydroxyl groups excluding tert-OH is 1. The van der Waals surface area contributed by atoms with Crippen LogP contribution in [0.25, 0.3) is 6.08 Å². The average molecular weight is 308 g/mol. The van der Waals surface area contributed by atoms with E-state index in [2.05, 4.69) is 0 Å². The number of benzene rings is 1. The summed E-state index contributed by atoms with van der Waals surface area (Å²) in [4.78, 5) is 14.2. The smallest absolute Gasteiger partial charge is 0.246 e. The van der Waals surface area contributed by atoms with E-state index in [9.17, 15) is 4.79 Å². The van der Waals surface area contributed by atoms with Gasteiger partial charge in [-0.25, -0.2) is 0 Å². The molecule has 0 spiro atoms. The molecule has 1 aliphatic rings. The van der Waals surface area contributed by atoms with Gasteiger partial charge in [-0.2, -0.15) is 0 Å². The summed E-state index contributed by atoms with van der Waals surface area (Å²) in [5.41, 5.74) is 1.97. The number of halogens is 1. The molecule has 0 aliphatic carbocycles. The van der Waals surface area contributed by atoms with E-state index in [-0.39, 0.29) is 18.6 Å². The van der Waals surface area contributed by atoms with Crippen molar-refractivity contribution in [3.8, 4) is 0 Å². The van der Waals surface area contributed by atoms with Crippen LogP contribution in [0, 0.1) is 6.92 Å². The zero-order chi connectivity index (χ0) is 15.2. The van der Waals surface area contributed by atoms with Crippen LogP contribution >= 0.6 is 11.6 Å². The molecule has 114 valence electrons. The summed E-state index contributed by atoms with van der Waals surface area (Å²) in [5, 5.41) is 9.64. The van der Waals surface area contributed by atoms with E-state index in [4.69, 9.17) is 16.7 Å². The van der Waals surface area contributed by atoms with Gasteiger partial charge in [0.2, 0.25) is 5.91 Å². The van der Waals surface area contributed by atoms with Gasteiger partial charge in [0, 0.05) is 30.3 Å². The van der Waals surface area contributed by atoms with Gasteiger partial charge in [0.25, 0.3) is 0 Å². The Bertz CT molecular complexity index is 528. The Hall–Kier alpha value is -1.32. The summed E-state index contributed by atoms with van der Waals surface area (Å²) in [6.07, 6.45) is 7.16. The van der Waals surface area contributed by atoms with Crippen LogP contribution in [0.2, 0.25) is 5.02 Å². The first-order valence-corrected chi connectivity index (χ1v) is 7.85. The Balaban J connectivity index is 1.99. The molecule has 1 saturated heterocycles. The van der Waals surface area contributed by atoms with Crippen molar-refractivity contribution in [3.63, 3.8) is 0 Å². The molecule has 1 fully saturated rings. The highest BCUT2D eigenvalue weighted by molar-refractivity contribution is 6.31. The lowest BCUT2D eigenvalue weighted by Crippen LogP contribution is -2.34. The molecule has 0 radical (unpaired) electrons. The van der Waals surface area contributed by atoms with Crippen molar-refractivity contribution < 1.29 is 9.90 Å². The first-order valence-electron chi connectivity index (χ1n) is 7.47. The fraction of sp³-hybridized carbons (Fsp3) is 0.471. The van der Waals surface area contributed by atoms with Gasteiger partial charge in [-0.15, -0.1) is 0 Å². The number of likely N-dealkylation sites (tertiary alicyclic amines) is 1. The third-order valence-corrected chi connectivity index (χ3v) is 4.38. The summed E-state index contributed by atoms with van der Waals surface area (Å²) < 4.78 is 0. The third kappa shape index (κ3) is 4.32. The summed E-state index contributed by atoms with van der Waals surface area (Å²) in [6, 6.07) is 6.05. The van der Waals surface area contributed by atoms with Gasteiger partial charge in [0.15, 0.2) is 0 Å². The number of amides is 1. The van der Waals surface area contributed by atoms with Crippen LogP contribution in [0.5, 0.6) is 0 Å². The standard InChI is InChI=1S/C17H22ClNO2/c1-13-6-7-14(12-16(13)18)8-9-17(21)19-10-2-4-15(19)5-3-11-20/h6-9,12,15,20H,2-5,10-11H2,1H3. The maximum atomic E-state index is 12.3. The van der Waals surface area contributed by atoms with E-state index in [1.54, 1.807) is 6.08 Å². The van der Waals surface area contributed by atoms with Gasteiger partial charge in [0.05, 0.1) is 0 Å². The van der Waals surface area contributed by atoms with Crippen LogP contribution in [-0.2, 0) is 4.79 Å². The molecule has 1 amide bonds. The van der Waals surface area contributed by atoms with Gasteiger partial charge >= 0.3 is 0 Å². The van der Waals surface area contributed by atoms with Gasteiger partial charge in [0.1, 0.15) is 0 Å². The Morgan fingerprint density at radius 3 is 3.05 bits per heavy atom. The normalized spacial score (nSPS) is 18.6. The minimum absolute atomic E-state index is 0.0483. The topological polar surface area (TPSA) is 40.5 Å². The van der Waals surface area contributed by atoms with Crippen molar-refractivity contribution in [1.29, 1.82) is 0 Å². The van der Waals surface area contributed by atoms with Crippen LogP contribution in [0.15, 0.2) is 24.3 Å². The van der Waals surface area contributed by atoms with E-state index in [1.807, 2.05) is 36.1 Å². The van der Waals surface area contributed by atoms with Gasteiger partial charge < -0.3 is 10.0 Å². The Morgan fingerprint density at radius 1 is 1.52 bits per heavy atom. The van der Waals surface area contributed by atoms with E-state index >= 15 is 0 Å². The molecule has 2 rings (SSSR count). The molecular weight excluding hydrogens is 286 g/mol. The van der Waals surface area contributed by atoms with Crippen molar-refractivity contribution >= 4 is 23.6 Å². The molecule has 1 atom stereocenters. The summed E-state index contributed by atoms with van der Waals surface area (Å²) in [6.45, 7) is 2.96. The minimum Gasteiger partial charge on any atom is -0.396 e. The van der Waals surface area contributed by atoms with Gasteiger partial charge in [-0.1, -0.05) is 23.7 Å². The average Bonchev–Trinajstić information content (AvgIpc) is 2.94. The molecule has 4 heteroatoms. The fourth-order valence-electron chi connectivity index (χ4n) is 2.73. The zero-order valence-electron chi connectivity index (χ0n) is 12.4. The SMILES string of the molecule is Cc1ccc(C=CC(=O)N2CCCC2CCCO)cc1Cl. The molecule has 1 aromatic rings. The van der Waals surface area contributed by atoms with Crippen LogP contribution in [0.4, 0.5) is 0 Å². The molecule has 0 bridgehead atoms. The second-order valence-corrected chi connectivity index (χ2v) is 5.94. The quantitative estimate of drug-likeness (QED) is 0.847. The predicted molar refractivity (Wildman–Crippen MR) is 86.3 cm³/mol. The van der Waals surface area contributed by atoms with Crippen LogP contribution < -0.4 is 0 Å². The largest absolute Gasteiger partial charge is 0.396 e. The first kappa shape index (κ1) is 16.1. The molecule has 3 nitrogen and oxygen atoms in total. The molecule has 0 saturated carbocycles. The molecular formula is C17H22ClNO2. The lowest BCUT2D eigenvalue weighted by Gasteiger charge is -2.23. The number of aryl methyl sites for hydroxylation is 1. The molecule has 1 heterocycles. The number of hydrogen-bond donors (Lipinski definition) is 1. The maximum absolute atomic E-state index is 12.3. The Morgan fingerprint density at radius 2 is 2.33 bits per heavy atom. The molecule has 1 aliphatic heterocycles. The van der Waals surface area contributed by atoms with Crippen molar-refractivity contribution in [1.82, 2.24) is 4.90 Å². The zero-order valence-corrected chi connectivity index (χ0v) is 13.1. The fourth-order valence-corrected chi connectivity index (χ4v) is 2.92. The van der Waals surface area contributed by atoms with Crippen LogP contribution in [0.1, 0.15) is 36.8 Å². The molecule has 21 heavy (non-hydrogen) atoms. The van der Waals surface area contributed by atoms with E-state index < -0.39 is 0 Å². The number of aliphatic hydroxyl groups is 1. The number of rotatable bonds is 5. The number of carbonyl (C=O) groups excluding carboxylic acids is 1. The lowest BCUT2D eigenvalue weighted by atomic mass is 10.1. The van der Waals surface area contributed by atoms with E-state index in [1.165, 1.54) is 0 Å². The highest BCUT2D eigenvalue weighted by atomic mass is 35.5. The van der Waals surface area contributed by atoms with Crippen molar-refractivity contribution in [3.05, 3.63) is 40.4 Å². The van der Waals surface area contributed by atoms with Gasteiger partial charge in [-0.3, -0.25) is 4.79 Å². The maximum Gasteiger partial charge on any atom is 0.246 e.